The van der Waals surface area contributed by atoms with Crippen LogP contribution in [-0.4, -0.2) is 0 Å². The number of hydrogen-bond donors (Lipinski definition) is 0. The van der Waals surface area contributed by atoms with Gasteiger partial charge in [-0.3, -0.25) is 0 Å². The van der Waals surface area contributed by atoms with Crippen LogP contribution in [0.15, 0.2) is 197 Å². The summed E-state index contributed by atoms with van der Waals surface area (Å²) < 4.78 is 12.8. The van der Waals surface area contributed by atoms with Crippen molar-refractivity contribution in [3.63, 3.8) is 0 Å². The summed E-state index contributed by atoms with van der Waals surface area (Å²) in [5.41, 5.74) is 13.7. The van der Waals surface area contributed by atoms with E-state index in [0.717, 1.165) is 83.2 Å². The van der Waals surface area contributed by atoms with E-state index in [9.17, 15) is 0 Å². The third kappa shape index (κ3) is 4.98. The molecule has 51 heavy (non-hydrogen) atoms. The Morgan fingerprint density at radius 1 is 0.333 bits per heavy atom. The van der Waals surface area contributed by atoms with Gasteiger partial charge in [-0.25, -0.2) is 0 Å². The Labute approximate surface area is 295 Å². The smallest absolute Gasteiger partial charge is 0.143 e. The fraction of sp³-hybridized carbons (Fsp3) is 0. The second-order valence-electron chi connectivity index (χ2n) is 12.9. The molecule has 0 atom stereocenters. The summed E-state index contributed by atoms with van der Waals surface area (Å²) in [7, 11) is 0. The van der Waals surface area contributed by atoms with Crippen LogP contribution in [-0.2, 0) is 0 Å². The average Bonchev–Trinajstić information content (AvgIpc) is 3.78. The standard InChI is InChI=1S/C48H31NO2/c1-3-11-32(12-4-1)33-21-26-37(27-22-33)49(43-18-10-20-46-47(43)41-15-7-8-19-44(41)50-46)38-28-23-34(24-29-38)36-25-30-45-42(31-36)40-17-9-16-39(48(40)51-45)35-13-5-2-6-14-35/h1-31H. The lowest BCUT2D eigenvalue weighted by Gasteiger charge is -2.26. The van der Waals surface area contributed by atoms with E-state index in [1.807, 2.05) is 18.2 Å². The molecule has 0 N–H and O–H groups in total. The first-order chi connectivity index (χ1) is 25.3. The predicted octanol–water partition coefficient (Wildman–Crippen LogP) is 14.0. The Hall–Kier alpha value is -6.84. The first-order valence-corrected chi connectivity index (χ1v) is 17.3. The Kier molecular flexibility index (Phi) is 6.81. The third-order valence-corrected chi connectivity index (χ3v) is 9.89. The molecule has 0 aliphatic rings. The zero-order valence-electron chi connectivity index (χ0n) is 27.7. The van der Waals surface area contributed by atoms with Crippen LogP contribution in [0, 0.1) is 0 Å². The van der Waals surface area contributed by atoms with Gasteiger partial charge in [-0.1, -0.05) is 133 Å². The van der Waals surface area contributed by atoms with Gasteiger partial charge in [0, 0.05) is 33.1 Å². The summed E-state index contributed by atoms with van der Waals surface area (Å²) in [6.45, 7) is 0. The Balaban J connectivity index is 1.08. The van der Waals surface area contributed by atoms with Crippen molar-refractivity contribution in [1.82, 2.24) is 0 Å². The van der Waals surface area contributed by atoms with Crippen LogP contribution in [0.5, 0.6) is 0 Å². The van der Waals surface area contributed by atoms with Gasteiger partial charge in [0.2, 0.25) is 0 Å². The minimum Gasteiger partial charge on any atom is -0.456 e. The molecule has 0 spiro atoms. The van der Waals surface area contributed by atoms with Gasteiger partial charge in [0.15, 0.2) is 0 Å². The van der Waals surface area contributed by atoms with Gasteiger partial charge in [-0.05, 0) is 82.4 Å². The van der Waals surface area contributed by atoms with E-state index in [4.69, 9.17) is 8.83 Å². The van der Waals surface area contributed by atoms with E-state index < -0.39 is 0 Å². The van der Waals surface area contributed by atoms with Gasteiger partial charge in [-0.2, -0.15) is 0 Å². The number of nitrogens with zero attached hydrogens (tertiary/aromatic N) is 1. The van der Waals surface area contributed by atoms with Crippen molar-refractivity contribution in [1.29, 1.82) is 0 Å². The molecule has 3 nitrogen and oxygen atoms in total. The number of benzene rings is 8. The molecule has 240 valence electrons. The highest BCUT2D eigenvalue weighted by Crippen LogP contribution is 2.44. The van der Waals surface area contributed by atoms with Crippen molar-refractivity contribution in [2.75, 3.05) is 4.90 Å². The molecule has 0 saturated heterocycles. The van der Waals surface area contributed by atoms with E-state index in [-0.39, 0.29) is 0 Å². The van der Waals surface area contributed by atoms with Crippen LogP contribution < -0.4 is 4.90 Å². The van der Waals surface area contributed by atoms with Crippen LogP contribution in [0.1, 0.15) is 0 Å². The van der Waals surface area contributed by atoms with Crippen molar-refractivity contribution in [3.8, 4) is 33.4 Å². The summed E-state index contributed by atoms with van der Waals surface area (Å²) in [5.74, 6) is 0. The Morgan fingerprint density at radius 2 is 0.882 bits per heavy atom. The lowest BCUT2D eigenvalue weighted by atomic mass is 10.00. The summed E-state index contributed by atoms with van der Waals surface area (Å²) in [4.78, 5) is 2.33. The highest BCUT2D eigenvalue weighted by Gasteiger charge is 2.20. The molecular weight excluding hydrogens is 623 g/mol. The van der Waals surface area contributed by atoms with Crippen LogP contribution in [0.3, 0.4) is 0 Å². The molecule has 0 radical (unpaired) electrons. The van der Waals surface area contributed by atoms with Crippen LogP contribution >= 0.6 is 0 Å². The normalized spacial score (nSPS) is 11.5. The quantitative estimate of drug-likeness (QED) is 0.179. The second kappa shape index (κ2) is 11.9. The molecule has 0 aliphatic carbocycles. The molecule has 2 heterocycles. The number of para-hydroxylation sites is 2. The van der Waals surface area contributed by atoms with Crippen molar-refractivity contribution in [2.45, 2.75) is 0 Å². The van der Waals surface area contributed by atoms with E-state index >= 15 is 0 Å². The minimum absolute atomic E-state index is 0.868. The number of fused-ring (bicyclic) bond motifs is 6. The fourth-order valence-corrected chi connectivity index (χ4v) is 7.43. The lowest BCUT2D eigenvalue weighted by molar-refractivity contribution is 0.669. The molecular formula is C48H31NO2. The molecule has 10 rings (SSSR count). The lowest BCUT2D eigenvalue weighted by Crippen LogP contribution is -2.10. The zero-order valence-corrected chi connectivity index (χ0v) is 27.7. The molecule has 10 aromatic rings. The molecule has 2 aromatic heterocycles. The number of anilines is 3. The average molecular weight is 654 g/mol. The SMILES string of the molecule is c1ccc(-c2ccc(N(c3ccc(-c4ccc5oc6c(-c7ccccc7)cccc6c5c4)cc3)c3cccc4oc5ccccc5c34)cc2)cc1. The van der Waals surface area contributed by atoms with E-state index in [1.165, 1.54) is 11.1 Å². The van der Waals surface area contributed by atoms with E-state index in [2.05, 4.69) is 175 Å². The topological polar surface area (TPSA) is 29.5 Å². The van der Waals surface area contributed by atoms with Gasteiger partial charge >= 0.3 is 0 Å². The number of hydrogen-bond acceptors (Lipinski definition) is 3. The van der Waals surface area contributed by atoms with Gasteiger partial charge in [0.05, 0.1) is 11.1 Å². The molecule has 0 fully saturated rings. The molecule has 8 aromatic carbocycles. The van der Waals surface area contributed by atoms with Gasteiger partial charge in [-0.15, -0.1) is 0 Å². The van der Waals surface area contributed by atoms with Crippen molar-refractivity contribution in [2.24, 2.45) is 0 Å². The van der Waals surface area contributed by atoms with Crippen molar-refractivity contribution in [3.05, 3.63) is 188 Å². The summed E-state index contributed by atoms with van der Waals surface area (Å²) in [6.07, 6.45) is 0. The van der Waals surface area contributed by atoms with Gasteiger partial charge < -0.3 is 13.7 Å². The van der Waals surface area contributed by atoms with E-state index in [1.54, 1.807) is 0 Å². The highest BCUT2D eigenvalue weighted by molar-refractivity contribution is 6.13. The molecule has 3 heteroatoms. The summed E-state index contributed by atoms with van der Waals surface area (Å²) >= 11 is 0. The minimum atomic E-state index is 0.868. The molecule has 0 unspecified atom stereocenters. The maximum absolute atomic E-state index is 6.46. The maximum atomic E-state index is 6.46. The Bertz CT molecular complexity index is 2830. The predicted molar refractivity (Wildman–Crippen MR) is 212 cm³/mol. The first-order valence-electron chi connectivity index (χ1n) is 17.3. The largest absolute Gasteiger partial charge is 0.456 e. The molecule has 0 amide bonds. The number of rotatable bonds is 6. The first kappa shape index (κ1) is 29.1. The molecule has 0 aliphatic heterocycles. The van der Waals surface area contributed by atoms with Crippen LogP contribution in [0.4, 0.5) is 17.1 Å². The zero-order chi connectivity index (χ0) is 33.7. The third-order valence-electron chi connectivity index (χ3n) is 9.89. The van der Waals surface area contributed by atoms with Crippen LogP contribution in [0.2, 0.25) is 0 Å². The molecule has 0 bridgehead atoms. The van der Waals surface area contributed by atoms with Crippen LogP contribution in [0.25, 0.3) is 77.3 Å². The Morgan fingerprint density at radius 3 is 1.63 bits per heavy atom. The summed E-state index contributed by atoms with van der Waals surface area (Å²) in [6, 6.07) is 66.1. The van der Waals surface area contributed by atoms with Gasteiger partial charge in [0.1, 0.15) is 22.3 Å². The monoisotopic (exact) mass is 653 g/mol. The van der Waals surface area contributed by atoms with Gasteiger partial charge in [0.25, 0.3) is 0 Å². The molecule has 0 saturated carbocycles. The fourth-order valence-electron chi connectivity index (χ4n) is 7.43. The van der Waals surface area contributed by atoms with Crippen molar-refractivity contribution < 1.29 is 8.83 Å². The van der Waals surface area contributed by atoms with E-state index in [0.29, 0.717) is 0 Å². The highest BCUT2D eigenvalue weighted by atomic mass is 16.3. The maximum Gasteiger partial charge on any atom is 0.143 e. The van der Waals surface area contributed by atoms with Crippen molar-refractivity contribution >= 4 is 60.9 Å². The number of furan rings is 2. The second-order valence-corrected chi connectivity index (χ2v) is 12.9. The summed E-state index contributed by atoms with van der Waals surface area (Å²) in [5, 5.41) is 4.43.